The molecule has 1 heterocycles. The van der Waals surface area contributed by atoms with Crippen molar-refractivity contribution in [3.05, 3.63) is 64.7 Å². The molecule has 0 saturated heterocycles. The quantitative estimate of drug-likeness (QED) is 0.508. The lowest BCUT2D eigenvalue weighted by atomic mass is 10.1. The number of para-hydroxylation sites is 2. The minimum Gasteiger partial charge on any atom is -0.433 e. The van der Waals surface area contributed by atoms with E-state index in [1.807, 2.05) is 0 Å². The summed E-state index contributed by atoms with van der Waals surface area (Å²) >= 11 is 0.980. The number of rotatable bonds is 5. The number of amides is 1. The van der Waals surface area contributed by atoms with E-state index >= 15 is 0 Å². The molecular weight excluding hydrogens is 415 g/mol. The van der Waals surface area contributed by atoms with Crippen LogP contribution in [0.4, 0.5) is 27.6 Å². The number of aryl methyl sites for hydroxylation is 1. The summed E-state index contributed by atoms with van der Waals surface area (Å²) in [5, 5.41) is 2.85. The van der Waals surface area contributed by atoms with Gasteiger partial charge in [-0.25, -0.2) is 4.98 Å². The van der Waals surface area contributed by atoms with Crippen LogP contribution in [0.15, 0.2) is 48.5 Å². The second kappa shape index (κ2) is 8.16. The van der Waals surface area contributed by atoms with Crippen LogP contribution >= 0.6 is 11.3 Å². The van der Waals surface area contributed by atoms with E-state index < -0.39 is 24.3 Å². The minimum atomic E-state index is -4.45. The maximum Gasteiger partial charge on any atom is 0.416 e. The zero-order valence-corrected chi connectivity index (χ0v) is 15.6. The molecule has 1 aromatic heterocycles. The van der Waals surface area contributed by atoms with Gasteiger partial charge in [0.1, 0.15) is 15.6 Å². The van der Waals surface area contributed by atoms with Gasteiger partial charge in [0.15, 0.2) is 0 Å². The first-order valence-corrected chi connectivity index (χ1v) is 8.97. The van der Waals surface area contributed by atoms with Gasteiger partial charge in [0.25, 0.3) is 5.91 Å². The molecule has 3 rings (SSSR count). The number of hydrogen-bond acceptors (Lipinski definition) is 4. The lowest BCUT2D eigenvalue weighted by Gasteiger charge is -2.11. The minimum absolute atomic E-state index is 0.0571. The van der Waals surface area contributed by atoms with Crippen LogP contribution in [0.25, 0.3) is 10.6 Å². The van der Waals surface area contributed by atoms with Gasteiger partial charge in [0.2, 0.25) is 0 Å². The molecule has 0 aliphatic heterocycles. The van der Waals surface area contributed by atoms with E-state index in [0.29, 0.717) is 16.3 Å². The van der Waals surface area contributed by atoms with Crippen LogP contribution in [0.3, 0.4) is 0 Å². The van der Waals surface area contributed by atoms with Crippen molar-refractivity contribution in [2.75, 3.05) is 5.32 Å². The number of nitrogens with zero attached hydrogens (tertiary/aromatic N) is 1. The van der Waals surface area contributed by atoms with Gasteiger partial charge in [0.05, 0.1) is 16.9 Å². The molecule has 152 valence electrons. The Kier molecular flexibility index (Phi) is 5.83. The van der Waals surface area contributed by atoms with E-state index in [2.05, 4.69) is 15.0 Å². The molecule has 1 N–H and O–H groups in total. The predicted octanol–water partition coefficient (Wildman–Crippen LogP) is 5.99. The molecule has 2 aromatic carbocycles. The second-order valence-electron chi connectivity index (χ2n) is 5.84. The summed E-state index contributed by atoms with van der Waals surface area (Å²) in [6, 6.07) is 10.1. The Bertz CT molecular complexity index is 1020. The Hall–Kier alpha value is -3.01. The summed E-state index contributed by atoms with van der Waals surface area (Å²) in [6.07, 6.45) is -4.45. The van der Waals surface area contributed by atoms with Gasteiger partial charge in [-0.2, -0.15) is 22.0 Å². The standard InChI is InChI=1S/C19H13F5N2O2S/c1-10-15(16(27)26-13-4-2-3-5-14(13)28-18(20)21)29-17(25-10)11-6-8-12(9-7-11)19(22,23)24/h2-9,18H,1H3,(H,26,27). The topological polar surface area (TPSA) is 51.2 Å². The van der Waals surface area contributed by atoms with Gasteiger partial charge < -0.3 is 10.1 Å². The van der Waals surface area contributed by atoms with Crippen LogP contribution in [-0.2, 0) is 6.18 Å². The summed E-state index contributed by atoms with van der Waals surface area (Å²) in [7, 11) is 0. The van der Waals surface area contributed by atoms with Crippen molar-refractivity contribution in [1.29, 1.82) is 0 Å². The molecule has 1 amide bonds. The van der Waals surface area contributed by atoms with Crippen molar-refractivity contribution in [2.45, 2.75) is 19.7 Å². The maximum absolute atomic E-state index is 12.7. The van der Waals surface area contributed by atoms with Crippen molar-refractivity contribution in [1.82, 2.24) is 4.98 Å². The van der Waals surface area contributed by atoms with Crippen molar-refractivity contribution in [3.8, 4) is 16.3 Å². The molecule has 3 aromatic rings. The predicted molar refractivity (Wildman–Crippen MR) is 98.3 cm³/mol. The Labute approximate surface area is 166 Å². The SMILES string of the molecule is Cc1nc(-c2ccc(C(F)(F)F)cc2)sc1C(=O)Nc1ccccc1OC(F)F. The van der Waals surface area contributed by atoms with E-state index in [1.165, 1.54) is 30.3 Å². The fourth-order valence-corrected chi connectivity index (χ4v) is 3.45. The summed E-state index contributed by atoms with van der Waals surface area (Å²) in [5.74, 6) is -0.788. The zero-order valence-electron chi connectivity index (χ0n) is 14.8. The van der Waals surface area contributed by atoms with Crippen LogP contribution < -0.4 is 10.1 Å². The number of alkyl halides is 5. The van der Waals surface area contributed by atoms with E-state index in [-0.39, 0.29) is 16.3 Å². The molecule has 0 saturated carbocycles. The molecule has 0 radical (unpaired) electrons. The first-order chi connectivity index (χ1) is 13.6. The molecule has 0 unspecified atom stereocenters. The molecule has 0 spiro atoms. The van der Waals surface area contributed by atoms with E-state index in [9.17, 15) is 26.7 Å². The summed E-state index contributed by atoms with van der Waals surface area (Å²) in [5.41, 5.74) is 0.0473. The third-order valence-corrected chi connectivity index (χ3v) is 5.02. The summed E-state index contributed by atoms with van der Waals surface area (Å²) in [4.78, 5) is 17.0. The molecule has 0 aliphatic carbocycles. The third-order valence-electron chi connectivity index (χ3n) is 3.81. The fourth-order valence-electron chi connectivity index (χ4n) is 2.48. The third kappa shape index (κ3) is 4.89. The number of halogens is 5. The number of aromatic nitrogens is 1. The molecule has 4 nitrogen and oxygen atoms in total. The highest BCUT2D eigenvalue weighted by molar-refractivity contribution is 7.17. The smallest absolute Gasteiger partial charge is 0.416 e. The van der Waals surface area contributed by atoms with Gasteiger partial charge in [-0.05, 0) is 31.2 Å². The number of nitrogens with one attached hydrogen (secondary N) is 1. The normalized spacial score (nSPS) is 11.6. The van der Waals surface area contributed by atoms with E-state index in [0.717, 1.165) is 23.5 Å². The monoisotopic (exact) mass is 428 g/mol. The summed E-state index contributed by atoms with van der Waals surface area (Å²) < 4.78 is 67.5. The molecule has 0 atom stereocenters. The van der Waals surface area contributed by atoms with Crippen molar-refractivity contribution >= 4 is 22.9 Å². The van der Waals surface area contributed by atoms with Gasteiger partial charge >= 0.3 is 12.8 Å². The number of carbonyl (C=O) groups excluding carboxylic acids is 1. The summed E-state index contributed by atoms with van der Waals surface area (Å²) in [6.45, 7) is -1.48. The number of thiazole rings is 1. The van der Waals surface area contributed by atoms with Crippen LogP contribution in [0.1, 0.15) is 20.9 Å². The number of hydrogen-bond donors (Lipinski definition) is 1. The van der Waals surface area contributed by atoms with Crippen molar-refractivity contribution in [2.24, 2.45) is 0 Å². The van der Waals surface area contributed by atoms with Crippen molar-refractivity contribution in [3.63, 3.8) is 0 Å². The largest absolute Gasteiger partial charge is 0.433 e. The van der Waals surface area contributed by atoms with Gasteiger partial charge in [-0.15, -0.1) is 11.3 Å². The average molecular weight is 428 g/mol. The van der Waals surface area contributed by atoms with Gasteiger partial charge in [-0.1, -0.05) is 24.3 Å². The second-order valence-corrected chi connectivity index (χ2v) is 6.84. The lowest BCUT2D eigenvalue weighted by molar-refractivity contribution is -0.137. The van der Waals surface area contributed by atoms with Gasteiger partial charge in [-0.3, -0.25) is 4.79 Å². The maximum atomic E-state index is 12.7. The van der Waals surface area contributed by atoms with Crippen LogP contribution in [0, 0.1) is 6.92 Å². The average Bonchev–Trinajstić information content (AvgIpc) is 3.04. The Balaban J connectivity index is 1.83. The molecule has 0 fully saturated rings. The lowest BCUT2D eigenvalue weighted by Crippen LogP contribution is -2.13. The van der Waals surface area contributed by atoms with E-state index in [1.54, 1.807) is 13.0 Å². The fraction of sp³-hybridized carbons (Fsp3) is 0.158. The zero-order chi connectivity index (χ0) is 21.2. The number of carbonyl (C=O) groups is 1. The van der Waals surface area contributed by atoms with Crippen LogP contribution in [0.5, 0.6) is 5.75 Å². The highest BCUT2D eigenvalue weighted by atomic mass is 32.1. The van der Waals surface area contributed by atoms with Crippen LogP contribution in [0.2, 0.25) is 0 Å². The van der Waals surface area contributed by atoms with E-state index in [4.69, 9.17) is 0 Å². The first kappa shape index (κ1) is 20.7. The number of benzene rings is 2. The first-order valence-electron chi connectivity index (χ1n) is 8.15. The Morgan fingerprint density at radius 1 is 1.10 bits per heavy atom. The molecule has 10 heteroatoms. The highest BCUT2D eigenvalue weighted by Crippen LogP contribution is 2.33. The Morgan fingerprint density at radius 3 is 2.38 bits per heavy atom. The highest BCUT2D eigenvalue weighted by Gasteiger charge is 2.30. The van der Waals surface area contributed by atoms with Crippen molar-refractivity contribution < 1.29 is 31.5 Å². The Morgan fingerprint density at radius 2 is 1.76 bits per heavy atom. The van der Waals surface area contributed by atoms with Gasteiger partial charge in [0, 0.05) is 5.56 Å². The van der Waals surface area contributed by atoms with Crippen LogP contribution in [-0.4, -0.2) is 17.5 Å². The number of ether oxygens (including phenoxy) is 1. The molecular formula is C19H13F5N2O2S. The number of anilines is 1. The molecule has 0 aliphatic rings. The molecule has 0 bridgehead atoms. The molecule has 29 heavy (non-hydrogen) atoms.